The summed E-state index contributed by atoms with van der Waals surface area (Å²) in [6, 6.07) is 11.4. The fourth-order valence-electron chi connectivity index (χ4n) is 2.62. The fourth-order valence-corrected chi connectivity index (χ4v) is 3.92. The van der Waals surface area contributed by atoms with Crippen molar-refractivity contribution in [2.75, 3.05) is 18.6 Å². The van der Waals surface area contributed by atoms with Crippen LogP contribution in [0.15, 0.2) is 47.4 Å². The van der Waals surface area contributed by atoms with E-state index in [9.17, 15) is 14.7 Å². The highest BCUT2D eigenvalue weighted by molar-refractivity contribution is 8.27. The van der Waals surface area contributed by atoms with Gasteiger partial charge in [0, 0.05) is 0 Å². The number of methoxy groups -OCH3 is 1. The van der Waals surface area contributed by atoms with E-state index < -0.39 is 5.97 Å². The lowest BCUT2D eigenvalue weighted by Gasteiger charge is -2.15. The molecule has 1 aliphatic heterocycles. The minimum Gasteiger partial charge on any atom is -0.504 e. The molecule has 28 heavy (non-hydrogen) atoms. The summed E-state index contributed by atoms with van der Waals surface area (Å²) < 4.78 is 10.5. The number of amides is 1. The van der Waals surface area contributed by atoms with E-state index in [0.717, 1.165) is 11.8 Å². The van der Waals surface area contributed by atoms with E-state index in [4.69, 9.17) is 21.7 Å². The molecule has 2 aromatic rings. The first-order valence-corrected chi connectivity index (χ1v) is 9.59. The van der Waals surface area contributed by atoms with Crippen molar-refractivity contribution in [3.8, 4) is 11.5 Å². The Hall–Kier alpha value is -2.84. The smallest absolute Gasteiger partial charge is 0.337 e. The van der Waals surface area contributed by atoms with E-state index in [1.54, 1.807) is 42.5 Å². The number of benzene rings is 2. The summed E-state index contributed by atoms with van der Waals surface area (Å²) in [5, 5.41) is 9.82. The third-order valence-electron chi connectivity index (χ3n) is 3.90. The first kappa shape index (κ1) is 19.9. The number of hydrogen-bond donors (Lipinski definition) is 1. The number of thioether (sulfide) groups is 1. The maximum Gasteiger partial charge on any atom is 0.337 e. The number of carbonyl (C=O) groups excluding carboxylic acids is 2. The van der Waals surface area contributed by atoms with Gasteiger partial charge in [-0.2, -0.15) is 0 Å². The molecule has 0 aromatic heterocycles. The number of nitrogens with zero attached hydrogens (tertiary/aromatic N) is 1. The number of aromatic hydroxyl groups is 1. The van der Waals surface area contributed by atoms with E-state index in [0.29, 0.717) is 38.4 Å². The first-order valence-electron chi connectivity index (χ1n) is 8.36. The van der Waals surface area contributed by atoms with E-state index in [1.807, 2.05) is 6.92 Å². The van der Waals surface area contributed by atoms with Crippen LogP contribution in [0.4, 0.5) is 5.69 Å². The molecule has 6 nitrogen and oxygen atoms in total. The van der Waals surface area contributed by atoms with E-state index in [1.165, 1.54) is 18.1 Å². The van der Waals surface area contributed by atoms with Crippen LogP contribution in [-0.2, 0) is 9.53 Å². The van der Waals surface area contributed by atoms with Gasteiger partial charge in [0.15, 0.2) is 15.8 Å². The Morgan fingerprint density at radius 2 is 2.07 bits per heavy atom. The molecule has 1 fully saturated rings. The Balaban J connectivity index is 1.91. The quantitative estimate of drug-likeness (QED) is 0.450. The molecule has 144 valence electrons. The summed E-state index contributed by atoms with van der Waals surface area (Å²) in [4.78, 5) is 26.5. The van der Waals surface area contributed by atoms with Crippen molar-refractivity contribution in [2.24, 2.45) is 0 Å². The third kappa shape index (κ3) is 4.02. The molecule has 0 bridgehead atoms. The molecule has 0 saturated carbocycles. The number of phenolic OH excluding ortho intramolecular Hbond substituents is 1. The second-order valence-electron chi connectivity index (χ2n) is 5.72. The highest BCUT2D eigenvalue weighted by atomic mass is 32.2. The van der Waals surface area contributed by atoms with Crippen molar-refractivity contribution in [2.45, 2.75) is 6.92 Å². The van der Waals surface area contributed by atoms with E-state index in [-0.39, 0.29) is 11.7 Å². The number of phenols is 1. The molecule has 2 aromatic carbocycles. The predicted molar refractivity (Wildman–Crippen MR) is 113 cm³/mol. The van der Waals surface area contributed by atoms with Crippen LogP contribution in [0.2, 0.25) is 0 Å². The summed E-state index contributed by atoms with van der Waals surface area (Å²) in [5.41, 5.74) is 1.53. The molecular weight excluding hydrogens is 398 g/mol. The zero-order valence-electron chi connectivity index (χ0n) is 15.2. The normalized spacial score (nSPS) is 15.2. The number of rotatable bonds is 5. The molecule has 0 aliphatic carbocycles. The predicted octanol–water partition coefficient (Wildman–Crippen LogP) is 3.98. The van der Waals surface area contributed by atoms with Crippen molar-refractivity contribution < 1.29 is 24.2 Å². The molecule has 8 heteroatoms. The molecule has 0 radical (unpaired) electrons. The minimum atomic E-state index is -0.490. The van der Waals surface area contributed by atoms with Gasteiger partial charge in [-0.3, -0.25) is 9.69 Å². The molecule has 0 unspecified atom stereocenters. The monoisotopic (exact) mass is 415 g/mol. The molecule has 1 aliphatic rings. The van der Waals surface area contributed by atoms with Gasteiger partial charge in [0.2, 0.25) is 0 Å². The molecule has 0 atom stereocenters. The molecule has 1 saturated heterocycles. The zero-order valence-corrected chi connectivity index (χ0v) is 16.8. The average Bonchev–Trinajstić information content (AvgIpc) is 2.97. The van der Waals surface area contributed by atoms with Crippen LogP contribution in [0.1, 0.15) is 22.8 Å². The largest absolute Gasteiger partial charge is 0.504 e. The van der Waals surface area contributed by atoms with Crippen molar-refractivity contribution in [3.63, 3.8) is 0 Å². The van der Waals surface area contributed by atoms with Gasteiger partial charge < -0.3 is 14.6 Å². The Morgan fingerprint density at radius 3 is 2.79 bits per heavy atom. The maximum absolute atomic E-state index is 12.9. The summed E-state index contributed by atoms with van der Waals surface area (Å²) in [6.07, 6.45) is 1.69. The zero-order chi connectivity index (χ0) is 20.3. The number of hydrogen-bond acceptors (Lipinski definition) is 7. The van der Waals surface area contributed by atoms with Crippen LogP contribution in [0.5, 0.6) is 11.5 Å². The van der Waals surface area contributed by atoms with Gasteiger partial charge in [0.05, 0.1) is 29.9 Å². The number of esters is 1. The summed E-state index contributed by atoms with van der Waals surface area (Å²) >= 11 is 6.53. The standard InChI is InChI=1S/C20H17NO5S2/c1-3-26-16-9-12(7-8-15(16)22)10-17-18(23)21(20(27)28-17)14-6-4-5-13(11-14)19(24)25-2/h4-11,22H,3H2,1-2H3. The second kappa shape index (κ2) is 8.45. The van der Waals surface area contributed by atoms with Crippen LogP contribution in [0.25, 0.3) is 6.08 Å². The first-order chi connectivity index (χ1) is 13.4. The summed E-state index contributed by atoms with van der Waals surface area (Å²) in [6.45, 7) is 2.23. The van der Waals surface area contributed by atoms with Crippen molar-refractivity contribution >= 4 is 51.9 Å². The van der Waals surface area contributed by atoms with Gasteiger partial charge in [-0.05, 0) is 48.9 Å². The second-order valence-corrected chi connectivity index (χ2v) is 7.39. The van der Waals surface area contributed by atoms with Crippen molar-refractivity contribution in [1.29, 1.82) is 0 Å². The highest BCUT2D eigenvalue weighted by Gasteiger charge is 2.33. The van der Waals surface area contributed by atoms with Gasteiger partial charge in [0.1, 0.15) is 0 Å². The Bertz CT molecular complexity index is 986. The van der Waals surface area contributed by atoms with Gasteiger partial charge >= 0.3 is 5.97 Å². The SMILES string of the molecule is CCOc1cc(C=C2SC(=S)N(c3cccc(C(=O)OC)c3)C2=O)ccc1O. The molecule has 3 rings (SSSR count). The number of thiocarbonyl (C=S) groups is 1. The maximum atomic E-state index is 12.9. The van der Waals surface area contributed by atoms with Gasteiger partial charge in [0.25, 0.3) is 5.91 Å². The Kier molecular flexibility index (Phi) is 6.01. The lowest BCUT2D eigenvalue weighted by Crippen LogP contribution is -2.27. The highest BCUT2D eigenvalue weighted by Crippen LogP contribution is 2.37. The molecule has 0 spiro atoms. The lowest BCUT2D eigenvalue weighted by atomic mass is 10.1. The Morgan fingerprint density at radius 1 is 1.29 bits per heavy atom. The van der Waals surface area contributed by atoms with E-state index in [2.05, 4.69) is 0 Å². The Labute approximate surface area is 171 Å². The van der Waals surface area contributed by atoms with Gasteiger partial charge in [-0.1, -0.05) is 36.1 Å². The van der Waals surface area contributed by atoms with E-state index >= 15 is 0 Å². The number of ether oxygens (including phenoxy) is 2. The lowest BCUT2D eigenvalue weighted by molar-refractivity contribution is -0.113. The summed E-state index contributed by atoms with van der Waals surface area (Å²) in [5.74, 6) is -0.401. The number of anilines is 1. The minimum absolute atomic E-state index is 0.0335. The molecule has 1 N–H and O–H groups in total. The van der Waals surface area contributed by atoms with Gasteiger partial charge in [-0.15, -0.1) is 0 Å². The fraction of sp³-hybridized carbons (Fsp3) is 0.150. The molecular formula is C20H17NO5S2. The van der Waals surface area contributed by atoms with Crippen LogP contribution < -0.4 is 9.64 Å². The van der Waals surface area contributed by atoms with Crippen LogP contribution >= 0.6 is 24.0 Å². The third-order valence-corrected chi connectivity index (χ3v) is 5.20. The van der Waals surface area contributed by atoms with Crippen LogP contribution in [0.3, 0.4) is 0 Å². The van der Waals surface area contributed by atoms with Crippen LogP contribution in [0, 0.1) is 0 Å². The van der Waals surface area contributed by atoms with Crippen molar-refractivity contribution in [3.05, 3.63) is 58.5 Å². The van der Waals surface area contributed by atoms with Crippen LogP contribution in [-0.4, -0.2) is 35.0 Å². The van der Waals surface area contributed by atoms with Crippen molar-refractivity contribution in [1.82, 2.24) is 0 Å². The topological polar surface area (TPSA) is 76.1 Å². The number of carbonyl (C=O) groups is 2. The molecule has 1 amide bonds. The molecule has 1 heterocycles. The van der Waals surface area contributed by atoms with Gasteiger partial charge in [-0.25, -0.2) is 4.79 Å². The summed E-state index contributed by atoms with van der Waals surface area (Å²) in [7, 11) is 1.30. The average molecular weight is 415 g/mol.